The molecule has 7 nitrogen and oxygen atoms in total. The monoisotopic (exact) mass is 330 g/mol. The lowest BCUT2D eigenvalue weighted by Crippen LogP contribution is -2.45. The number of allylic oxidation sites excluding steroid dienone is 2. The molecule has 24 heavy (non-hydrogen) atoms. The predicted octanol–water partition coefficient (Wildman–Crippen LogP) is -0.523. The normalized spacial score (nSPS) is 22.7. The van der Waals surface area contributed by atoms with Gasteiger partial charge in [0.1, 0.15) is 19.0 Å². The zero-order valence-corrected chi connectivity index (χ0v) is 12.9. The molecule has 0 aliphatic carbocycles. The second kappa shape index (κ2) is 5.37. The minimum atomic E-state index is -0.863. The van der Waals surface area contributed by atoms with Crippen molar-refractivity contribution in [3.63, 3.8) is 0 Å². The van der Waals surface area contributed by atoms with E-state index >= 15 is 0 Å². The highest BCUT2D eigenvalue weighted by atomic mass is 19.1. The first-order chi connectivity index (χ1) is 11.6. The molecule has 0 radical (unpaired) electrons. The molecule has 0 saturated carbocycles. The lowest BCUT2D eigenvalue weighted by molar-refractivity contribution is -0.692. The highest BCUT2D eigenvalue weighted by Gasteiger charge is 2.44. The molecule has 1 saturated heterocycles. The van der Waals surface area contributed by atoms with E-state index in [1.807, 2.05) is 0 Å². The Morgan fingerprint density at radius 2 is 2.38 bits per heavy atom. The number of aromatic nitrogens is 3. The van der Waals surface area contributed by atoms with Gasteiger partial charge in [-0.1, -0.05) is 5.92 Å². The molecular weight excluding hydrogens is 315 g/mol. The van der Waals surface area contributed by atoms with Crippen LogP contribution in [0.5, 0.6) is 5.88 Å². The molecule has 1 unspecified atom stereocenters. The number of ketones is 1. The number of Topliss-reactive ketones (excluding diaryl/α,β-unsaturated/α-hetero) is 1. The highest BCUT2D eigenvalue weighted by molar-refractivity contribution is 5.92. The van der Waals surface area contributed by atoms with Gasteiger partial charge in [0.25, 0.3) is 0 Å². The Morgan fingerprint density at radius 1 is 1.54 bits per heavy atom. The standard InChI is InChI=1S/C16H15FN4O3/c1-2-6-19-8-11(13(17)15-14(19)12(22)9-24-15)21-16(23)10-5-3-4-7-20(10)18-21/h1,8,14H,3-7,9H2. The van der Waals surface area contributed by atoms with Gasteiger partial charge in [-0.15, -0.1) is 15.8 Å². The summed E-state index contributed by atoms with van der Waals surface area (Å²) in [6, 6.07) is -0.863. The largest absolute Gasteiger partial charge is 0.838 e. The minimum absolute atomic E-state index is 0.0434. The molecule has 0 spiro atoms. The number of fused-ring (bicyclic) bond motifs is 2. The van der Waals surface area contributed by atoms with Crippen molar-refractivity contribution in [2.75, 3.05) is 13.2 Å². The number of aryl methyl sites for hydroxylation is 1. The number of terminal acetylenes is 1. The van der Waals surface area contributed by atoms with Crippen LogP contribution in [0, 0.1) is 12.3 Å². The summed E-state index contributed by atoms with van der Waals surface area (Å²) in [5, 5.41) is 16.8. The van der Waals surface area contributed by atoms with E-state index in [0.717, 1.165) is 17.5 Å². The summed E-state index contributed by atoms with van der Waals surface area (Å²) < 4.78 is 22.7. The van der Waals surface area contributed by atoms with Gasteiger partial charge < -0.3 is 14.7 Å². The molecule has 4 heterocycles. The maximum absolute atomic E-state index is 14.9. The van der Waals surface area contributed by atoms with Gasteiger partial charge in [0.2, 0.25) is 11.5 Å². The van der Waals surface area contributed by atoms with Crippen molar-refractivity contribution in [1.29, 1.82) is 0 Å². The molecule has 0 bridgehead atoms. The molecule has 8 heteroatoms. The molecule has 1 atom stereocenters. The number of carbonyl (C=O) groups is 1. The van der Waals surface area contributed by atoms with Crippen molar-refractivity contribution in [1.82, 2.24) is 14.8 Å². The van der Waals surface area contributed by atoms with Gasteiger partial charge in [0.15, 0.2) is 23.3 Å². The van der Waals surface area contributed by atoms with Gasteiger partial charge in [-0.25, -0.2) is 0 Å². The van der Waals surface area contributed by atoms with Gasteiger partial charge in [-0.2, -0.15) is 4.39 Å². The van der Waals surface area contributed by atoms with Gasteiger partial charge in [0, 0.05) is 6.42 Å². The van der Waals surface area contributed by atoms with Crippen LogP contribution in [0.4, 0.5) is 4.39 Å². The van der Waals surface area contributed by atoms with Crippen molar-refractivity contribution in [2.24, 2.45) is 0 Å². The van der Waals surface area contributed by atoms with Crippen LogP contribution >= 0.6 is 0 Å². The third kappa shape index (κ3) is 2.01. The van der Waals surface area contributed by atoms with E-state index in [2.05, 4.69) is 11.1 Å². The van der Waals surface area contributed by atoms with Crippen molar-refractivity contribution in [3.8, 4) is 18.2 Å². The van der Waals surface area contributed by atoms with Crippen LogP contribution in [0.25, 0.3) is 5.70 Å². The summed E-state index contributed by atoms with van der Waals surface area (Å²) in [5.74, 6) is 0.996. The Hall–Kier alpha value is -2.82. The Morgan fingerprint density at radius 3 is 3.12 bits per heavy atom. The first kappa shape index (κ1) is 14.8. The van der Waals surface area contributed by atoms with E-state index in [4.69, 9.17) is 11.2 Å². The van der Waals surface area contributed by atoms with Crippen molar-refractivity contribution >= 4 is 11.5 Å². The molecule has 3 aliphatic heterocycles. The van der Waals surface area contributed by atoms with Crippen LogP contribution in [0.15, 0.2) is 17.8 Å². The third-order valence-corrected chi connectivity index (χ3v) is 4.47. The Labute approximate surface area is 137 Å². The number of ether oxygens (including phenoxy) is 1. The fourth-order valence-corrected chi connectivity index (χ4v) is 3.34. The predicted molar refractivity (Wildman–Crippen MR) is 77.5 cm³/mol. The van der Waals surface area contributed by atoms with Crippen molar-refractivity contribution in [3.05, 3.63) is 23.5 Å². The summed E-state index contributed by atoms with van der Waals surface area (Å²) in [7, 11) is 0. The van der Waals surface area contributed by atoms with Gasteiger partial charge >= 0.3 is 0 Å². The molecule has 0 amide bonds. The van der Waals surface area contributed by atoms with Crippen LogP contribution in [-0.4, -0.2) is 39.8 Å². The van der Waals surface area contributed by atoms with Crippen LogP contribution in [0.1, 0.15) is 18.5 Å². The average Bonchev–Trinajstić information content (AvgIpc) is 3.12. The molecule has 124 valence electrons. The van der Waals surface area contributed by atoms with E-state index in [1.54, 1.807) is 4.68 Å². The number of rotatable bonds is 2. The van der Waals surface area contributed by atoms with Crippen molar-refractivity contribution < 1.29 is 23.7 Å². The second-order valence-electron chi connectivity index (χ2n) is 5.96. The SMILES string of the molecule is C#CCN1C=C([n+]2nn3c(c2[O-])CCCC3)C(F)=C2OCC(=O)C21. The van der Waals surface area contributed by atoms with Crippen molar-refractivity contribution in [2.45, 2.75) is 31.8 Å². The van der Waals surface area contributed by atoms with Crippen LogP contribution in [0.2, 0.25) is 0 Å². The first-order valence-electron chi connectivity index (χ1n) is 7.78. The molecule has 1 fully saturated rings. The number of nitrogens with zero attached hydrogens (tertiary/aromatic N) is 4. The summed E-state index contributed by atoms with van der Waals surface area (Å²) in [5.41, 5.74) is 0.520. The number of carbonyl (C=O) groups excluding carboxylic acids is 1. The summed E-state index contributed by atoms with van der Waals surface area (Å²) >= 11 is 0. The van der Waals surface area contributed by atoms with E-state index in [0.29, 0.717) is 18.7 Å². The van der Waals surface area contributed by atoms with E-state index in [-0.39, 0.29) is 36.3 Å². The zero-order valence-electron chi connectivity index (χ0n) is 12.9. The average molecular weight is 330 g/mol. The van der Waals surface area contributed by atoms with E-state index < -0.39 is 11.9 Å². The minimum Gasteiger partial charge on any atom is -0.838 e. The summed E-state index contributed by atoms with van der Waals surface area (Å²) in [6.07, 6.45) is 9.19. The van der Waals surface area contributed by atoms with Crippen LogP contribution < -0.4 is 9.79 Å². The maximum Gasteiger partial charge on any atom is 0.213 e. The number of hydrogen-bond donors (Lipinski definition) is 0. The van der Waals surface area contributed by atoms with Crippen LogP contribution in [-0.2, 0) is 22.5 Å². The topological polar surface area (TPSA) is 74.3 Å². The van der Waals surface area contributed by atoms with Gasteiger partial charge in [-0.05, 0) is 12.8 Å². The number of halogens is 1. The summed E-state index contributed by atoms with van der Waals surface area (Å²) in [6.45, 7) is 0.529. The van der Waals surface area contributed by atoms with E-state index in [1.165, 1.54) is 11.1 Å². The molecule has 3 aliphatic rings. The summed E-state index contributed by atoms with van der Waals surface area (Å²) in [4.78, 5) is 13.5. The fourth-order valence-electron chi connectivity index (χ4n) is 3.34. The fraction of sp³-hybridized carbons (Fsp3) is 0.438. The molecule has 4 rings (SSSR count). The highest BCUT2D eigenvalue weighted by Crippen LogP contribution is 2.34. The Balaban J connectivity index is 1.83. The molecule has 0 N–H and O–H groups in total. The van der Waals surface area contributed by atoms with Crippen LogP contribution in [0.3, 0.4) is 0 Å². The quantitative estimate of drug-likeness (QED) is 0.539. The maximum atomic E-state index is 14.9. The number of hydrogen-bond acceptors (Lipinski definition) is 5. The molecule has 1 aromatic heterocycles. The lowest BCUT2D eigenvalue weighted by Gasteiger charge is -2.27. The lowest BCUT2D eigenvalue weighted by atomic mass is 10.1. The van der Waals surface area contributed by atoms with E-state index in [9.17, 15) is 14.3 Å². The molecular formula is C16H15FN4O3. The smallest absolute Gasteiger partial charge is 0.213 e. The van der Waals surface area contributed by atoms with Gasteiger partial charge in [-0.3, -0.25) is 4.79 Å². The molecule has 0 aromatic carbocycles. The Bertz CT molecular complexity index is 833. The Kier molecular flexibility index (Phi) is 3.30. The second-order valence-corrected chi connectivity index (χ2v) is 5.96. The first-order valence-corrected chi connectivity index (χ1v) is 7.78. The van der Waals surface area contributed by atoms with Gasteiger partial charge in [0.05, 0.1) is 18.0 Å². The zero-order chi connectivity index (χ0) is 16.8. The molecule has 1 aromatic rings. The third-order valence-electron chi connectivity index (χ3n) is 4.47.